The van der Waals surface area contributed by atoms with Crippen LogP contribution in [0.15, 0.2) is 30.5 Å². The second-order valence-corrected chi connectivity index (χ2v) is 4.86. The molecule has 0 fully saturated rings. The summed E-state index contributed by atoms with van der Waals surface area (Å²) < 4.78 is 1.71. The van der Waals surface area contributed by atoms with Gasteiger partial charge in [0.05, 0.1) is 5.69 Å². The van der Waals surface area contributed by atoms with E-state index in [1.165, 1.54) is 11.1 Å². The topological polar surface area (TPSA) is 55.9 Å². The Morgan fingerprint density at radius 2 is 1.94 bits per heavy atom. The van der Waals surface area contributed by atoms with E-state index in [-0.39, 0.29) is 0 Å². The first-order valence-electron chi connectivity index (χ1n) is 6.18. The fourth-order valence-electron chi connectivity index (χ4n) is 1.85. The van der Waals surface area contributed by atoms with Gasteiger partial charge in [-0.25, -0.2) is 0 Å². The van der Waals surface area contributed by atoms with Crippen LogP contribution in [-0.2, 0) is 13.6 Å². The lowest BCUT2D eigenvalue weighted by molar-refractivity contribution is 0.768. The van der Waals surface area contributed by atoms with Gasteiger partial charge in [-0.1, -0.05) is 38.1 Å². The zero-order chi connectivity index (χ0) is 13.1. The third-order valence-electron chi connectivity index (χ3n) is 2.96. The molecule has 0 aliphatic rings. The monoisotopic (exact) mass is 244 g/mol. The second kappa shape index (κ2) is 5.12. The number of rotatable bonds is 4. The van der Waals surface area contributed by atoms with Crippen LogP contribution in [0.4, 0.5) is 11.5 Å². The summed E-state index contributed by atoms with van der Waals surface area (Å²) in [6.45, 7) is 5.13. The SMILES string of the molecule is CC(C)c1ccc(CNc2nn(C)cc2N)cc1. The zero-order valence-electron chi connectivity index (χ0n) is 11.1. The number of aromatic nitrogens is 2. The van der Waals surface area contributed by atoms with Crippen molar-refractivity contribution in [1.29, 1.82) is 0 Å². The second-order valence-electron chi connectivity index (χ2n) is 4.86. The Balaban J connectivity index is 2.00. The number of nitrogens with one attached hydrogen (secondary N) is 1. The van der Waals surface area contributed by atoms with E-state index >= 15 is 0 Å². The first kappa shape index (κ1) is 12.5. The van der Waals surface area contributed by atoms with Crippen LogP contribution in [0.5, 0.6) is 0 Å². The molecule has 96 valence electrons. The van der Waals surface area contributed by atoms with Gasteiger partial charge in [0.15, 0.2) is 5.82 Å². The Morgan fingerprint density at radius 1 is 1.28 bits per heavy atom. The number of nitrogens with zero attached hydrogens (tertiary/aromatic N) is 2. The third kappa shape index (κ3) is 2.83. The molecule has 4 heteroatoms. The Hall–Kier alpha value is -1.97. The van der Waals surface area contributed by atoms with Gasteiger partial charge in [-0.15, -0.1) is 0 Å². The summed E-state index contributed by atoms with van der Waals surface area (Å²) >= 11 is 0. The molecule has 1 aromatic heterocycles. The number of nitrogen functional groups attached to an aromatic ring is 1. The molecule has 2 aromatic rings. The largest absolute Gasteiger partial charge is 0.394 e. The molecule has 0 unspecified atom stereocenters. The highest BCUT2D eigenvalue weighted by Crippen LogP contribution is 2.17. The Kier molecular flexibility index (Phi) is 3.55. The summed E-state index contributed by atoms with van der Waals surface area (Å²) in [7, 11) is 1.86. The molecule has 0 amide bonds. The quantitative estimate of drug-likeness (QED) is 0.869. The third-order valence-corrected chi connectivity index (χ3v) is 2.96. The fourth-order valence-corrected chi connectivity index (χ4v) is 1.85. The summed E-state index contributed by atoms with van der Waals surface area (Å²) in [6, 6.07) is 8.62. The number of nitrogens with two attached hydrogens (primary N) is 1. The van der Waals surface area contributed by atoms with Crippen molar-refractivity contribution in [1.82, 2.24) is 9.78 Å². The van der Waals surface area contributed by atoms with Crippen LogP contribution in [0.1, 0.15) is 30.9 Å². The molecule has 0 radical (unpaired) electrons. The molecule has 0 aliphatic carbocycles. The Labute approximate surface area is 108 Å². The predicted octanol–water partition coefficient (Wildman–Crippen LogP) is 2.74. The van der Waals surface area contributed by atoms with Gasteiger partial charge >= 0.3 is 0 Å². The van der Waals surface area contributed by atoms with Crippen molar-refractivity contribution in [2.75, 3.05) is 11.1 Å². The Morgan fingerprint density at radius 3 is 2.44 bits per heavy atom. The molecular weight excluding hydrogens is 224 g/mol. The first-order chi connectivity index (χ1) is 8.56. The van der Waals surface area contributed by atoms with Gasteiger partial charge < -0.3 is 11.1 Å². The number of aryl methyl sites for hydroxylation is 1. The van der Waals surface area contributed by atoms with E-state index in [1.54, 1.807) is 10.9 Å². The standard InChI is InChI=1S/C14H20N4/c1-10(2)12-6-4-11(5-7-12)8-16-14-13(15)9-18(3)17-14/h4-7,9-10H,8,15H2,1-3H3,(H,16,17). The highest BCUT2D eigenvalue weighted by atomic mass is 15.3. The van der Waals surface area contributed by atoms with Crippen LogP contribution in [-0.4, -0.2) is 9.78 Å². The van der Waals surface area contributed by atoms with Gasteiger partial charge in [0.25, 0.3) is 0 Å². The zero-order valence-corrected chi connectivity index (χ0v) is 11.1. The van der Waals surface area contributed by atoms with Gasteiger partial charge in [-0.3, -0.25) is 4.68 Å². The molecule has 0 aliphatic heterocycles. The number of hydrogen-bond donors (Lipinski definition) is 2. The maximum Gasteiger partial charge on any atom is 0.171 e. The molecule has 0 spiro atoms. The smallest absolute Gasteiger partial charge is 0.171 e. The number of anilines is 2. The minimum Gasteiger partial charge on any atom is -0.394 e. The summed E-state index contributed by atoms with van der Waals surface area (Å²) in [4.78, 5) is 0. The molecule has 4 nitrogen and oxygen atoms in total. The highest BCUT2D eigenvalue weighted by Gasteiger charge is 2.03. The van der Waals surface area contributed by atoms with E-state index in [9.17, 15) is 0 Å². The van der Waals surface area contributed by atoms with E-state index < -0.39 is 0 Å². The van der Waals surface area contributed by atoms with Crippen molar-refractivity contribution in [3.8, 4) is 0 Å². The van der Waals surface area contributed by atoms with E-state index in [0.717, 1.165) is 12.4 Å². The maximum absolute atomic E-state index is 5.82. The van der Waals surface area contributed by atoms with Crippen molar-refractivity contribution < 1.29 is 0 Å². The predicted molar refractivity (Wildman–Crippen MR) is 75.5 cm³/mol. The van der Waals surface area contributed by atoms with Crippen LogP contribution in [0.25, 0.3) is 0 Å². The van der Waals surface area contributed by atoms with Gasteiger partial charge in [-0.05, 0) is 17.0 Å². The molecule has 18 heavy (non-hydrogen) atoms. The van der Waals surface area contributed by atoms with Crippen molar-refractivity contribution in [3.63, 3.8) is 0 Å². The molecule has 0 saturated heterocycles. The molecule has 0 bridgehead atoms. The fraction of sp³-hybridized carbons (Fsp3) is 0.357. The van der Waals surface area contributed by atoms with Crippen LogP contribution in [0.3, 0.4) is 0 Å². The lowest BCUT2D eigenvalue weighted by Crippen LogP contribution is -2.02. The van der Waals surface area contributed by atoms with Crippen LogP contribution in [0, 0.1) is 0 Å². The number of benzene rings is 1. The van der Waals surface area contributed by atoms with Crippen LogP contribution < -0.4 is 11.1 Å². The summed E-state index contributed by atoms with van der Waals surface area (Å²) in [6.07, 6.45) is 1.80. The van der Waals surface area contributed by atoms with Gasteiger partial charge in [0.2, 0.25) is 0 Å². The normalized spacial score (nSPS) is 10.9. The van der Waals surface area contributed by atoms with Crippen molar-refractivity contribution in [2.45, 2.75) is 26.3 Å². The maximum atomic E-state index is 5.82. The molecule has 1 aromatic carbocycles. The van der Waals surface area contributed by atoms with Gasteiger partial charge in [0, 0.05) is 19.8 Å². The van der Waals surface area contributed by atoms with Crippen molar-refractivity contribution >= 4 is 11.5 Å². The van der Waals surface area contributed by atoms with E-state index in [0.29, 0.717) is 11.6 Å². The Bertz CT molecular complexity index is 511. The van der Waals surface area contributed by atoms with E-state index in [4.69, 9.17) is 5.73 Å². The van der Waals surface area contributed by atoms with E-state index in [2.05, 4.69) is 48.5 Å². The molecule has 0 saturated carbocycles. The summed E-state index contributed by atoms with van der Waals surface area (Å²) in [5.74, 6) is 1.31. The van der Waals surface area contributed by atoms with Gasteiger partial charge in [-0.2, -0.15) is 5.10 Å². The summed E-state index contributed by atoms with van der Waals surface area (Å²) in [5.41, 5.74) is 9.08. The molecular formula is C14H20N4. The average molecular weight is 244 g/mol. The van der Waals surface area contributed by atoms with Crippen LogP contribution >= 0.6 is 0 Å². The molecule has 2 rings (SSSR count). The van der Waals surface area contributed by atoms with Gasteiger partial charge in [0.1, 0.15) is 0 Å². The minimum absolute atomic E-state index is 0.568. The average Bonchev–Trinajstić information content (AvgIpc) is 2.66. The first-order valence-corrected chi connectivity index (χ1v) is 6.18. The lowest BCUT2D eigenvalue weighted by Gasteiger charge is -2.08. The summed E-state index contributed by atoms with van der Waals surface area (Å²) in [5, 5.41) is 7.49. The molecule has 0 atom stereocenters. The molecule has 1 heterocycles. The van der Waals surface area contributed by atoms with Crippen molar-refractivity contribution in [3.05, 3.63) is 41.6 Å². The lowest BCUT2D eigenvalue weighted by atomic mass is 10.0. The molecule has 3 N–H and O–H groups in total. The number of hydrogen-bond acceptors (Lipinski definition) is 3. The van der Waals surface area contributed by atoms with Crippen molar-refractivity contribution in [2.24, 2.45) is 7.05 Å². The van der Waals surface area contributed by atoms with Crippen LogP contribution in [0.2, 0.25) is 0 Å². The highest BCUT2D eigenvalue weighted by molar-refractivity contribution is 5.59. The van der Waals surface area contributed by atoms with E-state index in [1.807, 2.05) is 7.05 Å². The minimum atomic E-state index is 0.568.